The highest BCUT2D eigenvalue weighted by Crippen LogP contribution is 2.57. The molecule has 1 aliphatic carbocycles. The molecule has 3 aromatic rings. The molecule has 0 aromatic heterocycles. The van der Waals surface area contributed by atoms with Crippen molar-refractivity contribution < 1.29 is 41.8 Å². The van der Waals surface area contributed by atoms with Crippen molar-refractivity contribution in [1.29, 1.82) is 0 Å². The second-order valence-corrected chi connectivity index (χ2v) is 15.3. The van der Waals surface area contributed by atoms with Gasteiger partial charge in [-0.3, -0.25) is 13.6 Å². The lowest BCUT2D eigenvalue weighted by atomic mass is 9.96. The smallest absolute Gasteiger partial charge is 0.374 e. The van der Waals surface area contributed by atoms with Gasteiger partial charge >= 0.3 is 7.82 Å². The van der Waals surface area contributed by atoms with Crippen molar-refractivity contribution in [1.82, 2.24) is 0 Å². The van der Waals surface area contributed by atoms with E-state index in [2.05, 4.69) is 0 Å². The van der Waals surface area contributed by atoms with Crippen molar-refractivity contribution in [3.05, 3.63) is 108 Å². The molecule has 3 aliphatic rings. The lowest BCUT2D eigenvalue weighted by Gasteiger charge is -2.47. The summed E-state index contributed by atoms with van der Waals surface area (Å²) in [6.07, 6.45) is 1.16. The number of phosphoric acid groups is 1. The van der Waals surface area contributed by atoms with Gasteiger partial charge in [0.15, 0.2) is 6.29 Å². The van der Waals surface area contributed by atoms with E-state index < -0.39 is 38.5 Å². The molecule has 0 radical (unpaired) electrons. The van der Waals surface area contributed by atoms with Crippen molar-refractivity contribution in [2.45, 2.75) is 103 Å². The first-order chi connectivity index (χ1) is 23.4. The first-order valence-corrected chi connectivity index (χ1v) is 18.6. The molecule has 0 unspecified atom stereocenters. The summed E-state index contributed by atoms with van der Waals surface area (Å²) < 4.78 is 65.2. The lowest BCUT2D eigenvalue weighted by Crippen LogP contribution is -2.62. The van der Waals surface area contributed by atoms with Gasteiger partial charge in [-0.05, 0) is 29.5 Å². The molecule has 0 bridgehead atoms. The van der Waals surface area contributed by atoms with Crippen LogP contribution in [0.25, 0.3) is 0 Å². The van der Waals surface area contributed by atoms with Gasteiger partial charge in [-0.25, -0.2) is 4.57 Å². The Morgan fingerprint density at radius 2 is 1.21 bits per heavy atom. The van der Waals surface area contributed by atoms with Gasteiger partial charge in [0.05, 0.1) is 45.7 Å². The summed E-state index contributed by atoms with van der Waals surface area (Å²) in [4.78, 5) is 0. The van der Waals surface area contributed by atoms with E-state index in [-0.39, 0.29) is 37.9 Å². The highest BCUT2D eigenvalue weighted by atomic mass is 31.2. The van der Waals surface area contributed by atoms with E-state index in [9.17, 15) is 4.57 Å². The maximum atomic E-state index is 14.0. The van der Waals surface area contributed by atoms with E-state index in [1.165, 1.54) is 6.42 Å². The minimum absolute atomic E-state index is 0.0367. The summed E-state index contributed by atoms with van der Waals surface area (Å²) in [5, 5.41) is 0. The van der Waals surface area contributed by atoms with Gasteiger partial charge in [0.1, 0.15) is 24.4 Å². The number of benzene rings is 3. The molecule has 260 valence electrons. The Morgan fingerprint density at radius 3 is 1.77 bits per heavy atom. The van der Waals surface area contributed by atoms with E-state index in [1.807, 2.05) is 105 Å². The van der Waals surface area contributed by atoms with Gasteiger partial charge in [-0.15, -0.1) is 0 Å². The lowest BCUT2D eigenvalue weighted by molar-refractivity contribution is -0.326. The standard InChI is InChI=1S/C38H49O9P/c1-38(2)27-43-48(39,44-28-38)47-36-35(42-25-31-19-11-5-12-20-31)34(41-24-30-17-9-4-10-18-30)33(26-40-23-29-15-7-3-8-16-29)46-37(36)45-32-21-13-6-14-22-32/h3-5,7-12,15-20,32-37H,6,13-14,21-28H2,1-2H3/t33-,34-,35+,36-,37-/m1/s1. The molecule has 3 fully saturated rings. The Bertz CT molecular complexity index is 1400. The third-order valence-corrected chi connectivity index (χ3v) is 10.3. The number of ether oxygens (including phenoxy) is 5. The fourth-order valence-corrected chi connectivity index (χ4v) is 7.94. The van der Waals surface area contributed by atoms with Crippen LogP contribution >= 0.6 is 7.82 Å². The number of phosphoric ester groups is 1. The van der Waals surface area contributed by atoms with E-state index in [1.54, 1.807) is 0 Å². The summed E-state index contributed by atoms with van der Waals surface area (Å²) in [7, 11) is -4.00. The summed E-state index contributed by atoms with van der Waals surface area (Å²) in [6.45, 7) is 5.64. The third-order valence-electron chi connectivity index (χ3n) is 8.91. The van der Waals surface area contributed by atoms with Crippen LogP contribution in [0.5, 0.6) is 0 Å². The molecule has 0 spiro atoms. The summed E-state index contributed by atoms with van der Waals surface area (Å²) in [6, 6.07) is 29.9. The van der Waals surface area contributed by atoms with E-state index in [0.717, 1.165) is 42.4 Å². The molecule has 6 rings (SSSR count). The predicted octanol–water partition coefficient (Wildman–Crippen LogP) is 8.01. The Labute approximate surface area is 284 Å². The first-order valence-electron chi connectivity index (χ1n) is 17.2. The molecule has 2 saturated heterocycles. The molecule has 1 saturated carbocycles. The zero-order chi connectivity index (χ0) is 33.2. The largest absolute Gasteiger partial charge is 0.475 e. The molecule has 0 amide bonds. The predicted molar refractivity (Wildman–Crippen MR) is 181 cm³/mol. The van der Waals surface area contributed by atoms with Gasteiger partial charge in [0.2, 0.25) is 0 Å². The highest BCUT2D eigenvalue weighted by molar-refractivity contribution is 7.48. The molecule has 5 atom stereocenters. The number of hydrogen-bond acceptors (Lipinski definition) is 9. The Balaban J connectivity index is 1.31. The maximum Gasteiger partial charge on any atom is 0.475 e. The van der Waals surface area contributed by atoms with Crippen molar-refractivity contribution in [2.75, 3.05) is 19.8 Å². The van der Waals surface area contributed by atoms with Crippen LogP contribution in [0, 0.1) is 5.41 Å². The Morgan fingerprint density at radius 1 is 0.688 bits per heavy atom. The summed E-state index contributed by atoms with van der Waals surface area (Å²) >= 11 is 0. The molecular weight excluding hydrogens is 631 g/mol. The van der Waals surface area contributed by atoms with Crippen LogP contribution in [0.2, 0.25) is 0 Å². The zero-order valence-electron chi connectivity index (χ0n) is 28.0. The molecule has 2 heterocycles. The van der Waals surface area contributed by atoms with E-state index in [4.69, 9.17) is 37.3 Å². The van der Waals surface area contributed by atoms with Crippen molar-refractivity contribution in [3.63, 3.8) is 0 Å². The topological polar surface area (TPSA) is 90.9 Å². The van der Waals surface area contributed by atoms with Crippen LogP contribution in [-0.4, -0.2) is 56.6 Å². The minimum Gasteiger partial charge on any atom is -0.374 e. The number of hydrogen-bond donors (Lipinski definition) is 0. The van der Waals surface area contributed by atoms with Crippen LogP contribution < -0.4 is 0 Å². The van der Waals surface area contributed by atoms with Gasteiger partial charge < -0.3 is 23.7 Å². The van der Waals surface area contributed by atoms with Crippen molar-refractivity contribution in [3.8, 4) is 0 Å². The molecule has 2 aliphatic heterocycles. The summed E-state index contributed by atoms with van der Waals surface area (Å²) in [5.41, 5.74) is 2.72. The van der Waals surface area contributed by atoms with Gasteiger partial charge in [-0.2, -0.15) is 0 Å². The third kappa shape index (κ3) is 10.1. The second-order valence-electron chi connectivity index (χ2n) is 13.7. The SMILES string of the molecule is CC1(C)COP(=O)(O[C@H]2[C@H](OC3CCCCC3)O[C@H](COCc3ccccc3)[C@@H](OCc3ccccc3)[C@@H]2OCc2ccccc2)OC1. The van der Waals surface area contributed by atoms with Crippen LogP contribution in [0.1, 0.15) is 62.6 Å². The minimum atomic E-state index is -4.00. The molecule has 0 N–H and O–H groups in total. The van der Waals surface area contributed by atoms with Gasteiger partial charge in [-0.1, -0.05) is 124 Å². The molecule has 9 nitrogen and oxygen atoms in total. The second kappa shape index (κ2) is 17.0. The fourth-order valence-electron chi connectivity index (χ4n) is 6.21. The van der Waals surface area contributed by atoms with Gasteiger partial charge in [0.25, 0.3) is 0 Å². The van der Waals surface area contributed by atoms with Crippen LogP contribution in [0.15, 0.2) is 91.0 Å². The average molecular weight is 681 g/mol. The number of rotatable bonds is 14. The fraction of sp³-hybridized carbons (Fsp3) is 0.526. The molecule has 3 aromatic carbocycles. The van der Waals surface area contributed by atoms with Crippen LogP contribution in [0.4, 0.5) is 0 Å². The quantitative estimate of drug-likeness (QED) is 0.157. The van der Waals surface area contributed by atoms with Crippen LogP contribution in [-0.2, 0) is 61.6 Å². The molecule has 10 heteroatoms. The van der Waals surface area contributed by atoms with Gasteiger partial charge in [0, 0.05) is 5.41 Å². The first kappa shape index (κ1) is 35.4. The Kier molecular flexibility index (Phi) is 12.5. The Hall–Kier alpha value is -2.43. The van der Waals surface area contributed by atoms with E-state index in [0.29, 0.717) is 13.2 Å². The highest BCUT2D eigenvalue weighted by Gasteiger charge is 2.53. The normalized spacial score (nSPS) is 27.4. The average Bonchev–Trinajstić information content (AvgIpc) is 3.11. The summed E-state index contributed by atoms with van der Waals surface area (Å²) in [5.74, 6) is 0. The van der Waals surface area contributed by atoms with E-state index >= 15 is 0 Å². The van der Waals surface area contributed by atoms with Crippen LogP contribution in [0.3, 0.4) is 0 Å². The molecule has 48 heavy (non-hydrogen) atoms. The zero-order valence-corrected chi connectivity index (χ0v) is 28.9. The van der Waals surface area contributed by atoms with Crippen molar-refractivity contribution >= 4 is 7.82 Å². The molecular formula is C38H49O9P. The monoisotopic (exact) mass is 680 g/mol. The van der Waals surface area contributed by atoms with Crippen molar-refractivity contribution in [2.24, 2.45) is 5.41 Å². The maximum absolute atomic E-state index is 14.0.